The number of fused-ring (bicyclic) bond motifs is 3. The molecule has 3 aliphatic rings. The molecule has 2 amide bonds. The van der Waals surface area contributed by atoms with E-state index in [0.29, 0.717) is 19.8 Å². The molecule has 1 aliphatic carbocycles. The summed E-state index contributed by atoms with van der Waals surface area (Å²) in [5.74, 6) is 1.51. The minimum atomic E-state index is -0.596. The van der Waals surface area contributed by atoms with Gasteiger partial charge in [0.05, 0.1) is 6.04 Å². The van der Waals surface area contributed by atoms with Crippen LogP contribution in [0, 0.1) is 0 Å². The van der Waals surface area contributed by atoms with Crippen molar-refractivity contribution in [3.63, 3.8) is 0 Å². The van der Waals surface area contributed by atoms with Gasteiger partial charge in [0.15, 0.2) is 11.5 Å². The summed E-state index contributed by atoms with van der Waals surface area (Å²) in [6.07, 6.45) is 3.93. The molecule has 7 nitrogen and oxygen atoms in total. The highest BCUT2D eigenvalue weighted by molar-refractivity contribution is 5.83. The van der Waals surface area contributed by atoms with Gasteiger partial charge in [0, 0.05) is 19.0 Å². The first-order valence-corrected chi connectivity index (χ1v) is 11.3. The first kappa shape index (κ1) is 21.8. The second-order valence-corrected chi connectivity index (χ2v) is 10.1. The molecule has 0 bridgehead atoms. The maximum atomic E-state index is 13.3. The normalized spacial score (nSPS) is 21.6. The van der Waals surface area contributed by atoms with E-state index in [4.69, 9.17) is 14.2 Å². The molecule has 1 aromatic rings. The van der Waals surface area contributed by atoms with Gasteiger partial charge >= 0.3 is 6.09 Å². The molecule has 1 spiro atoms. The lowest BCUT2D eigenvalue weighted by Gasteiger charge is -2.46. The Morgan fingerprint density at radius 1 is 1.16 bits per heavy atom. The minimum Gasteiger partial charge on any atom is -0.486 e. The Labute approximate surface area is 184 Å². The van der Waals surface area contributed by atoms with Crippen LogP contribution in [-0.4, -0.2) is 60.8 Å². The van der Waals surface area contributed by atoms with E-state index in [1.165, 1.54) is 10.5 Å². The van der Waals surface area contributed by atoms with Gasteiger partial charge < -0.3 is 24.0 Å². The Kier molecular flexibility index (Phi) is 5.56. The molecule has 170 valence electrons. The number of carbonyl (C=O) groups is 2. The third-order valence-corrected chi connectivity index (χ3v) is 6.63. The molecule has 31 heavy (non-hydrogen) atoms. The quantitative estimate of drug-likeness (QED) is 0.708. The molecule has 0 saturated heterocycles. The second-order valence-electron chi connectivity index (χ2n) is 10.1. The topological polar surface area (TPSA) is 68.3 Å². The van der Waals surface area contributed by atoms with Crippen LogP contribution in [-0.2, 0) is 14.9 Å². The zero-order valence-electron chi connectivity index (χ0n) is 19.3. The van der Waals surface area contributed by atoms with E-state index in [1.807, 2.05) is 25.7 Å². The maximum Gasteiger partial charge on any atom is 0.410 e. The van der Waals surface area contributed by atoms with Crippen molar-refractivity contribution in [1.29, 1.82) is 0 Å². The van der Waals surface area contributed by atoms with Gasteiger partial charge in [0.1, 0.15) is 25.4 Å². The molecule has 1 aromatic carbocycles. The molecule has 0 radical (unpaired) electrons. The lowest BCUT2D eigenvalue weighted by atomic mass is 9.71. The van der Waals surface area contributed by atoms with Crippen molar-refractivity contribution in [3.05, 3.63) is 23.3 Å². The molecule has 4 rings (SSSR count). The van der Waals surface area contributed by atoms with Crippen LogP contribution in [0.1, 0.15) is 70.5 Å². The smallest absolute Gasteiger partial charge is 0.410 e. The SMILES string of the molecule is CC1c2cc3c(cc2C2(CCCC2)CN1C(=O)CN(C)C(=O)OC(C)(C)C)OCCO3. The molecular weight excluding hydrogens is 396 g/mol. The predicted octanol–water partition coefficient (Wildman–Crippen LogP) is 4.04. The van der Waals surface area contributed by atoms with Gasteiger partial charge in [-0.1, -0.05) is 12.8 Å². The summed E-state index contributed by atoms with van der Waals surface area (Å²) in [6, 6.07) is 4.11. The zero-order chi connectivity index (χ0) is 22.4. The van der Waals surface area contributed by atoms with E-state index < -0.39 is 11.7 Å². The first-order chi connectivity index (χ1) is 14.6. The minimum absolute atomic E-state index is 0.00474. The van der Waals surface area contributed by atoms with E-state index in [0.717, 1.165) is 42.7 Å². The predicted molar refractivity (Wildman–Crippen MR) is 117 cm³/mol. The fraction of sp³-hybridized carbons (Fsp3) is 0.667. The largest absolute Gasteiger partial charge is 0.486 e. The first-order valence-electron chi connectivity index (χ1n) is 11.3. The van der Waals surface area contributed by atoms with Crippen molar-refractivity contribution in [2.75, 3.05) is 33.4 Å². The van der Waals surface area contributed by atoms with Gasteiger partial charge in [-0.15, -0.1) is 0 Å². The molecule has 1 fully saturated rings. The molecule has 0 aromatic heterocycles. The van der Waals surface area contributed by atoms with Crippen LogP contribution in [0.4, 0.5) is 4.79 Å². The number of hydrogen-bond donors (Lipinski definition) is 0. The molecular formula is C24H34N2O5. The average molecular weight is 431 g/mol. The molecule has 7 heteroatoms. The van der Waals surface area contributed by atoms with E-state index in [-0.39, 0.29) is 23.9 Å². The Balaban J connectivity index is 1.60. The van der Waals surface area contributed by atoms with Crippen molar-refractivity contribution < 1.29 is 23.8 Å². The number of nitrogens with zero attached hydrogens (tertiary/aromatic N) is 2. The number of carbonyl (C=O) groups excluding carboxylic acids is 2. The number of rotatable bonds is 2. The van der Waals surface area contributed by atoms with Crippen LogP contribution in [0.5, 0.6) is 11.5 Å². The Morgan fingerprint density at radius 2 is 1.77 bits per heavy atom. The summed E-state index contributed by atoms with van der Waals surface area (Å²) >= 11 is 0. The van der Waals surface area contributed by atoms with E-state index >= 15 is 0 Å². The highest BCUT2D eigenvalue weighted by Gasteiger charge is 2.46. The van der Waals surface area contributed by atoms with Gasteiger partial charge in [-0.3, -0.25) is 4.79 Å². The molecule has 2 heterocycles. The van der Waals surface area contributed by atoms with Crippen LogP contribution in [0.25, 0.3) is 0 Å². The molecule has 1 saturated carbocycles. The van der Waals surface area contributed by atoms with Gasteiger partial charge in [0.25, 0.3) is 0 Å². The van der Waals surface area contributed by atoms with E-state index in [2.05, 4.69) is 19.1 Å². The lowest BCUT2D eigenvalue weighted by Crippen LogP contribution is -2.51. The summed E-state index contributed by atoms with van der Waals surface area (Å²) in [6.45, 7) is 9.28. The van der Waals surface area contributed by atoms with Crippen molar-refractivity contribution in [2.24, 2.45) is 0 Å². The summed E-state index contributed by atoms with van der Waals surface area (Å²) < 4.78 is 17.1. The lowest BCUT2D eigenvalue weighted by molar-refractivity contribution is -0.136. The Morgan fingerprint density at radius 3 is 2.39 bits per heavy atom. The standard InChI is InChI=1S/C24H34N2O5/c1-16-17-12-19-20(30-11-10-29-19)13-18(17)24(8-6-7-9-24)15-26(16)21(27)14-25(5)22(28)31-23(2,3)4/h12-13,16H,6-11,14-15H2,1-5H3. The highest BCUT2D eigenvalue weighted by Crippen LogP contribution is 2.51. The van der Waals surface area contributed by atoms with Gasteiger partial charge in [0.2, 0.25) is 5.91 Å². The molecule has 2 aliphatic heterocycles. The summed E-state index contributed by atoms with van der Waals surface area (Å²) in [5.41, 5.74) is 1.77. The molecule has 1 atom stereocenters. The van der Waals surface area contributed by atoms with Crippen LogP contribution in [0.15, 0.2) is 12.1 Å². The van der Waals surface area contributed by atoms with E-state index in [1.54, 1.807) is 7.05 Å². The highest BCUT2D eigenvalue weighted by atomic mass is 16.6. The van der Waals surface area contributed by atoms with Crippen molar-refractivity contribution in [1.82, 2.24) is 9.80 Å². The van der Waals surface area contributed by atoms with Crippen LogP contribution in [0.3, 0.4) is 0 Å². The van der Waals surface area contributed by atoms with Crippen molar-refractivity contribution in [3.8, 4) is 11.5 Å². The number of hydrogen-bond acceptors (Lipinski definition) is 5. The van der Waals surface area contributed by atoms with Crippen molar-refractivity contribution >= 4 is 12.0 Å². The second kappa shape index (κ2) is 7.92. The molecule has 1 unspecified atom stereocenters. The number of benzene rings is 1. The summed E-state index contributed by atoms with van der Waals surface area (Å²) in [4.78, 5) is 29.0. The van der Waals surface area contributed by atoms with Gasteiger partial charge in [-0.25, -0.2) is 4.79 Å². The summed E-state index contributed by atoms with van der Waals surface area (Å²) in [5, 5.41) is 0. The van der Waals surface area contributed by atoms with Crippen LogP contribution >= 0.6 is 0 Å². The molecule has 0 N–H and O–H groups in total. The van der Waals surface area contributed by atoms with Gasteiger partial charge in [-0.2, -0.15) is 0 Å². The number of ether oxygens (including phenoxy) is 3. The third-order valence-electron chi connectivity index (χ3n) is 6.63. The Hall–Kier alpha value is -2.44. The monoisotopic (exact) mass is 430 g/mol. The van der Waals surface area contributed by atoms with Gasteiger partial charge in [-0.05, 0) is 63.8 Å². The fourth-order valence-electron chi connectivity index (χ4n) is 5.11. The van der Waals surface area contributed by atoms with Crippen molar-refractivity contribution in [2.45, 2.75) is 70.4 Å². The van der Waals surface area contributed by atoms with Crippen LogP contribution in [0.2, 0.25) is 0 Å². The fourth-order valence-corrected chi connectivity index (χ4v) is 5.11. The number of likely N-dealkylation sites (N-methyl/N-ethyl adjacent to an activating group) is 1. The Bertz CT molecular complexity index is 869. The number of amides is 2. The maximum absolute atomic E-state index is 13.3. The zero-order valence-corrected chi connectivity index (χ0v) is 19.3. The average Bonchev–Trinajstić information content (AvgIpc) is 3.17. The summed E-state index contributed by atoms with van der Waals surface area (Å²) in [7, 11) is 1.61. The van der Waals surface area contributed by atoms with E-state index in [9.17, 15) is 9.59 Å². The van der Waals surface area contributed by atoms with Crippen LogP contribution < -0.4 is 9.47 Å². The third kappa shape index (κ3) is 4.19.